The van der Waals surface area contributed by atoms with Gasteiger partial charge in [0, 0.05) is 6.04 Å². The number of aliphatic hydroxyl groups excluding tert-OH is 1. The number of hydrogen-bond acceptors (Lipinski definition) is 4. The van der Waals surface area contributed by atoms with E-state index in [9.17, 15) is 14.7 Å². The third-order valence-electron chi connectivity index (χ3n) is 3.43. The minimum Gasteiger partial charge on any atom is -0.395 e. The van der Waals surface area contributed by atoms with Gasteiger partial charge in [0.25, 0.3) is 5.91 Å². The smallest absolute Gasteiger partial charge is 0.259 e. The quantitative estimate of drug-likeness (QED) is 0.871. The predicted octanol–water partition coefficient (Wildman–Crippen LogP) is 1.05. The van der Waals surface area contributed by atoms with Crippen LogP contribution in [-0.4, -0.2) is 47.6 Å². The van der Waals surface area contributed by atoms with Gasteiger partial charge in [-0.1, -0.05) is 23.7 Å². The number of aliphatic hydroxyl groups is 1. The lowest BCUT2D eigenvalue weighted by molar-refractivity contribution is -0.121. The van der Waals surface area contributed by atoms with E-state index in [4.69, 9.17) is 11.6 Å². The first-order valence-corrected chi connectivity index (χ1v) is 6.93. The van der Waals surface area contributed by atoms with E-state index < -0.39 is 5.91 Å². The van der Waals surface area contributed by atoms with E-state index in [1.807, 2.05) is 4.90 Å². The number of imide groups is 1. The second-order valence-electron chi connectivity index (χ2n) is 4.81. The number of halogens is 1. The van der Waals surface area contributed by atoms with Crippen molar-refractivity contribution in [3.8, 4) is 0 Å². The van der Waals surface area contributed by atoms with Crippen LogP contribution in [-0.2, 0) is 4.79 Å². The number of nitrogens with one attached hydrogen (secondary N) is 1. The van der Waals surface area contributed by atoms with Crippen LogP contribution >= 0.6 is 11.6 Å². The van der Waals surface area contributed by atoms with Crippen LogP contribution in [0.15, 0.2) is 24.3 Å². The van der Waals surface area contributed by atoms with Crippen molar-refractivity contribution in [2.45, 2.75) is 18.9 Å². The van der Waals surface area contributed by atoms with Crippen LogP contribution in [0.2, 0.25) is 5.02 Å². The molecule has 2 N–H and O–H groups in total. The Balaban J connectivity index is 1.92. The second kappa shape index (κ2) is 6.83. The lowest BCUT2D eigenvalue weighted by Gasteiger charge is -2.21. The van der Waals surface area contributed by atoms with Crippen molar-refractivity contribution < 1.29 is 14.7 Å². The second-order valence-corrected chi connectivity index (χ2v) is 5.21. The number of nitrogens with zero attached hydrogens (tertiary/aromatic N) is 1. The highest BCUT2D eigenvalue weighted by Crippen LogP contribution is 2.16. The number of likely N-dealkylation sites (tertiary alicyclic amines) is 1. The zero-order chi connectivity index (χ0) is 14.5. The van der Waals surface area contributed by atoms with E-state index >= 15 is 0 Å². The lowest BCUT2D eigenvalue weighted by Crippen LogP contribution is -2.43. The first kappa shape index (κ1) is 15.0. The third-order valence-corrected chi connectivity index (χ3v) is 3.76. The van der Waals surface area contributed by atoms with Gasteiger partial charge in [0.1, 0.15) is 0 Å². The van der Waals surface area contributed by atoms with Crippen molar-refractivity contribution in [2.75, 3.05) is 19.7 Å². The van der Waals surface area contributed by atoms with Crippen LogP contribution in [0.3, 0.4) is 0 Å². The standard InChI is InChI=1S/C14H17ClN2O3/c15-12-6-2-1-5-11(12)14(20)16-13(19)8-17-7-3-4-10(17)9-18/h1-2,5-6,10,18H,3-4,7-9H2,(H,16,19,20)/t10-/m0/s1. The monoisotopic (exact) mass is 296 g/mol. The molecule has 0 aromatic heterocycles. The van der Waals surface area contributed by atoms with Crippen molar-refractivity contribution in [3.05, 3.63) is 34.9 Å². The van der Waals surface area contributed by atoms with Gasteiger partial charge in [-0.2, -0.15) is 0 Å². The summed E-state index contributed by atoms with van der Waals surface area (Å²) in [6, 6.07) is 6.58. The van der Waals surface area contributed by atoms with Gasteiger partial charge in [-0.15, -0.1) is 0 Å². The third kappa shape index (κ3) is 3.56. The maximum Gasteiger partial charge on any atom is 0.259 e. The molecule has 1 aliphatic rings. The zero-order valence-corrected chi connectivity index (χ0v) is 11.8. The summed E-state index contributed by atoms with van der Waals surface area (Å²) in [5, 5.41) is 11.8. The molecule has 0 bridgehead atoms. The molecule has 1 aromatic carbocycles. The maximum atomic E-state index is 11.9. The van der Waals surface area contributed by atoms with E-state index in [2.05, 4.69) is 5.32 Å². The molecule has 2 amide bonds. The summed E-state index contributed by atoms with van der Waals surface area (Å²) in [6.07, 6.45) is 1.83. The fraction of sp³-hybridized carbons (Fsp3) is 0.429. The summed E-state index contributed by atoms with van der Waals surface area (Å²) in [4.78, 5) is 25.7. The number of carbonyl (C=O) groups excluding carboxylic acids is 2. The molecule has 1 atom stereocenters. The molecule has 1 fully saturated rings. The van der Waals surface area contributed by atoms with E-state index in [1.165, 1.54) is 0 Å². The Morgan fingerprint density at radius 2 is 2.15 bits per heavy atom. The molecular weight excluding hydrogens is 280 g/mol. The highest BCUT2D eigenvalue weighted by atomic mass is 35.5. The molecule has 1 heterocycles. The summed E-state index contributed by atoms with van der Waals surface area (Å²) >= 11 is 5.90. The summed E-state index contributed by atoms with van der Waals surface area (Å²) in [7, 11) is 0. The summed E-state index contributed by atoms with van der Waals surface area (Å²) in [6.45, 7) is 0.909. The van der Waals surface area contributed by atoms with E-state index in [1.54, 1.807) is 24.3 Å². The first-order valence-electron chi connectivity index (χ1n) is 6.55. The summed E-state index contributed by atoms with van der Waals surface area (Å²) in [5.41, 5.74) is 0.280. The van der Waals surface area contributed by atoms with Gasteiger partial charge in [-0.05, 0) is 31.5 Å². The van der Waals surface area contributed by atoms with Crippen LogP contribution in [0, 0.1) is 0 Å². The largest absolute Gasteiger partial charge is 0.395 e. The fourth-order valence-electron chi connectivity index (χ4n) is 2.37. The van der Waals surface area contributed by atoms with Crippen molar-refractivity contribution in [1.82, 2.24) is 10.2 Å². The van der Waals surface area contributed by atoms with E-state index in [0.717, 1.165) is 19.4 Å². The highest BCUT2D eigenvalue weighted by molar-refractivity contribution is 6.34. The van der Waals surface area contributed by atoms with Gasteiger partial charge in [-0.3, -0.25) is 19.8 Å². The summed E-state index contributed by atoms with van der Waals surface area (Å²) < 4.78 is 0. The minimum absolute atomic E-state index is 0.0103. The molecule has 6 heteroatoms. The van der Waals surface area contributed by atoms with Gasteiger partial charge in [-0.25, -0.2) is 0 Å². The average Bonchev–Trinajstić information content (AvgIpc) is 2.86. The van der Waals surface area contributed by atoms with Gasteiger partial charge in [0.15, 0.2) is 0 Å². The number of amides is 2. The predicted molar refractivity (Wildman–Crippen MR) is 75.6 cm³/mol. The van der Waals surface area contributed by atoms with Crippen LogP contribution in [0.1, 0.15) is 23.2 Å². The van der Waals surface area contributed by atoms with Gasteiger partial charge in [0.2, 0.25) is 5.91 Å². The lowest BCUT2D eigenvalue weighted by atomic mass is 10.2. The minimum atomic E-state index is -0.500. The average molecular weight is 297 g/mol. The number of hydrogen-bond donors (Lipinski definition) is 2. The van der Waals surface area contributed by atoms with Gasteiger partial charge >= 0.3 is 0 Å². The fourth-order valence-corrected chi connectivity index (χ4v) is 2.59. The van der Waals surface area contributed by atoms with Gasteiger partial charge < -0.3 is 5.11 Å². The van der Waals surface area contributed by atoms with Crippen LogP contribution in [0.25, 0.3) is 0 Å². The highest BCUT2D eigenvalue weighted by Gasteiger charge is 2.26. The molecule has 2 rings (SSSR count). The van der Waals surface area contributed by atoms with Crippen LogP contribution in [0.4, 0.5) is 0 Å². The van der Waals surface area contributed by atoms with Crippen molar-refractivity contribution in [2.24, 2.45) is 0 Å². The van der Waals surface area contributed by atoms with Crippen LogP contribution in [0.5, 0.6) is 0 Å². The molecule has 0 aliphatic carbocycles. The number of carbonyl (C=O) groups is 2. The Morgan fingerprint density at radius 3 is 2.85 bits per heavy atom. The molecule has 0 spiro atoms. The molecule has 0 unspecified atom stereocenters. The molecular formula is C14H17ClN2O3. The SMILES string of the molecule is O=C(CN1CCC[C@H]1CO)NC(=O)c1ccccc1Cl. The molecule has 1 saturated heterocycles. The normalized spacial score (nSPS) is 19.0. The van der Waals surface area contributed by atoms with Crippen molar-refractivity contribution in [3.63, 3.8) is 0 Å². The Morgan fingerprint density at radius 1 is 1.40 bits per heavy atom. The topological polar surface area (TPSA) is 69.6 Å². The Hall–Kier alpha value is -1.43. The maximum absolute atomic E-state index is 11.9. The van der Waals surface area contributed by atoms with Crippen molar-refractivity contribution >= 4 is 23.4 Å². The molecule has 5 nitrogen and oxygen atoms in total. The first-order chi connectivity index (χ1) is 9.61. The molecule has 1 aromatic rings. The summed E-state index contributed by atoms with van der Waals surface area (Å²) in [5.74, 6) is -0.879. The molecule has 0 saturated carbocycles. The van der Waals surface area contributed by atoms with Gasteiger partial charge in [0.05, 0.1) is 23.7 Å². The zero-order valence-electron chi connectivity index (χ0n) is 11.0. The number of benzene rings is 1. The Bertz CT molecular complexity index is 507. The number of rotatable bonds is 4. The Labute approximate surface area is 122 Å². The molecule has 0 radical (unpaired) electrons. The van der Waals surface area contributed by atoms with E-state index in [0.29, 0.717) is 5.02 Å². The van der Waals surface area contributed by atoms with Crippen LogP contribution < -0.4 is 5.32 Å². The van der Waals surface area contributed by atoms with E-state index in [-0.39, 0.29) is 30.7 Å². The molecule has 1 aliphatic heterocycles. The van der Waals surface area contributed by atoms with Crippen molar-refractivity contribution in [1.29, 1.82) is 0 Å². The Kier molecular flexibility index (Phi) is 5.11. The molecule has 108 valence electrons. The molecule has 20 heavy (non-hydrogen) atoms.